The molecule has 2 fully saturated rings. The lowest BCUT2D eigenvalue weighted by atomic mass is 9.82. The normalized spacial score (nSPS) is 37.2. The van der Waals surface area contributed by atoms with E-state index in [2.05, 4.69) is 0 Å². The van der Waals surface area contributed by atoms with Crippen LogP contribution in [0.4, 0.5) is 5.69 Å². The summed E-state index contributed by atoms with van der Waals surface area (Å²) < 4.78 is 0. The van der Waals surface area contributed by atoms with Gasteiger partial charge in [0.05, 0.1) is 16.2 Å². The van der Waals surface area contributed by atoms with Gasteiger partial charge >= 0.3 is 0 Å². The van der Waals surface area contributed by atoms with Gasteiger partial charge < -0.3 is 20.2 Å². The molecule has 3 N–H and O–H groups in total. The van der Waals surface area contributed by atoms with E-state index in [1.54, 1.807) is 30.9 Å². The average molecular weight is 323 g/mol. The summed E-state index contributed by atoms with van der Waals surface area (Å²) in [6.07, 6.45) is 0.160. The largest absolute Gasteiger partial charge is 0.387 e. The van der Waals surface area contributed by atoms with Crippen molar-refractivity contribution in [2.75, 3.05) is 4.90 Å². The average Bonchev–Trinajstić information content (AvgIpc) is 2.74. The third-order valence-electron chi connectivity index (χ3n) is 5.04. The van der Waals surface area contributed by atoms with Gasteiger partial charge in [0.2, 0.25) is 0 Å². The molecular formula is C16H19ClN2O3. The smallest absolute Gasteiger partial charge is 0.167 e. The van der Waals surface area contributed by atoms with E-state index in [4.69, 9.17) is 16.9 Å². The lowest BCUT2D eigenvalue weighted by Crippen LogP contribution is -2.68. The van der Waals surface area contributed by atoms with E-state index < -0.39 is 17.4 Å². The minimum absolute atomic E-state index is 0.0777. The number of benzene rings is 1. The zero-order chi connectivity index (χ0) is 16.3. The van der Waals surface area contributed by atoms with Crippen LogP contribution in [0.5, 0.6) is 0 Å². The zero-order valence-corrected chi connectivity index (χ0v) is 13.3. The number of fused-ring (bicyclic) bond motifs is 2. The minimum Gasteiger partial charge on any atom is -0.387 e. The van der Waals surface area contributed by atoms with E-state index in [0.29, 0.717) is 41.1 Å². The van der Waals surface area contributed by atoms with Gasteiger partial charge in [-0.25, -0.2) is 0 Å². The Morgan fingerprint density at radius 3 is 2.73 bits per heavy atom. The van der Waals surface area contributed by atoms with Crippen molar-refractivity contribution in [3.63, 3.8) is 0 Å². The van der Waals surface area contributed by atoms with E-state index in [-0.39, 0.29) is 6.04 Å². The van der Waals surface area contributed by atoms with E-state index in [0.717, 1.165) is 0 Å². The molecule has 0 spiro atoms. The molecule has 0 amide bonds. The quantitative estimate of drug-likeness (QED) is 0.732. The van der Waals surface area contributed by atoms with E-state index in [9.17, 15) is 15.3 Å². The lowest BCUT2D eigenvalue weighted by molar-refractivity contribution is -0.178. The highest BCUT2D eigenvalue weighted by Crippen LogP contribution is 2.50. The number of aliphatic hydroxyl groups is 3. The number of halogens is 1. The summed E-state index contributed by atoms with van der Waals surface area (Å²) >= 11 is 6.23. The predicted octanol–water partition coefficient (Wildman–Crippen LogP) is 1.69. The van der Waals surface area contributed by atoms with Gasteiger partial charge in [-0.2, -0.15) is 5.26 Å². The molecule has 1 aromatic carbocycles. The van der Waals surface area contributed by atoms with Crippen molar-refractivity contribution in [1.82, 2.24) is 0 Å². The fourth-order valence-corrected chi connectivity index (χ4v) is 4.12. The maximum atomic E-state index is 11.0. The number of anilines is 1. The van der Waals surface area contributed by atoms with Crippen LogP contribution < -0.4 is 4.90 Å². The molecule has 2 saturated heterocycles. The monoisotopic (exact) mass is 322 g/mol. The highest BCUT2D eigenvalue weighted by atomic mass is 35.5. The summed E-state index contributed by atoms with van der Waals surface area (Å²) in [5.74, 6) is 0. The molecule has 2 aliphatic rings. The van der Waals surface area contributed by atoms with Gasteiger partial charge in [0.1, 0.15) is 12.2 Å². The van der Waals surface area contributed by atoms with Crippen molar-refractivity contribution in [1.29, 1.82) is 5.26 Å². The molecule has 1 aromatic rings. The number of nitriles is 1. The Labute approximate surface area is 134 Å². The van der Waals surface area contributed by atoms with Crippen LogP contribution in [-0.4, -0.2) is 38.8 Å². The first-order chi connectivity index (χ1) is 10.2. The molecule has 6 heteroatoms. The van der Waals surface area contributed by atoms with Crippen molar-refractivity contribution in [3.8, 4) is 6.07 Å². The van der Waals surface area contributed by atoms with Gasteiger partial charge in [-0.05, 0) is 50.8 Å². The van der Waals surface area contributed by atoms with E-state index in [1.807, 2.05) is 6.07 Å². The van der Waals surface area contributed by atoms with Gasteiger partial charge in [-0.15, -0.1) is 0 Å². The van der Waals surface area contributed by atoms with E-state index in [1.165, 1.54) is 0 Å². The van der Waals surface area contributed by atoms with Crippen molar-refractivity contribution < 1.29 is 15.3 Å². The van der Waals surface area contributed by atoms with Crippen LogP contribution in [0.2, 0.25) is 5.02 Å². The first kappa shape index (κ1) is 15.6. The van der Waals surface area contributed by atoms with E-state index >= 15 is 0 Å². The molecule has 2 aliphatic heterocycles. The number of nitrogens with zero attached hydrogens (tertiary/aromatic N) is 2. The van der Waals surface area contributed by atoms with Gasteiger partial charge in [-0.3, -0.25) is 0 Å². The standard InChI is InChI=1S/C16H19ClN2O3/c1-9-12(4-3-10(8-18)13(9)17)19-11-5-6-16(19,22)14(20)15(2,21)7-11/h3-4,11,14,20-22H,5-7H2,1-2H3/t11-,14?,15+,16-/m0/s1. The van der Waals surface area contributed by atoms with Crippen molar-refractivity contribution >= 4 is 17.3 Å². The minimum atomic E-state index is -1.52. The Bertz CT molecular complexity index is 670. The molecule has 118 valence electrons. The molecule has 4 atom stereocenters. The molecule has 0 radical (unpaired) electrons. The zero-order valence-electron chi connectivity index (χ0n) is 12.5. The SMILES string of the molecule is Cc1c(N2[C@H]3CC[C@]2(O)C(O)[C@](C)(O)C3)ccc(C#N)c1Cl. The molecule has 0 aromatic heterocycles. The second kappa shape index (κ2) is 4.84. The highest BCUT2D eigenvalue weighted by molar-refractivity contribution is 6.32. The lowest BCUT2D eigenvalue weighted by Gasteiger charge is -2.52. The van der Waals surface area contributed by atoms with Crippen molar-refractivity contribution in [3.05, 3.63) is 28.3 Å². The third-order valence-corrected chi connectivity index (χ3v) is 5.53. The molecule has 1 unspecified atom stereocenters. The molecule has 2 bridgehead atoms. The Kier molecular flexibility index (Phi) is 3.42. The molecule has 3 rings (SSSR count). The topological polar surface area (TPSA) is 87.7 Å². The summed E-state index contributed by atoms with van der Waals surface area (Å²) in [7, 11) is 0. The van der Waals surface area contributed by atoms with Gasteiger partial charge in [0.15, 0.2) is 5.72 Å². The Morgan fingerprint density at radius 1 is 1.41 bits per heavy atom. The van der Waals surface area contributed by atoms with Crippen LogP contribution in [0.3, 0.4) is 0 Å². The first-order valence-corrected chi connectivity index (χ1v) is 7.71. The summed E-state index contributed by atoms with van der Waals surface area (Å²) in [6.45, 7) is 3.34. The maximum absolute atomic E-state index is 11.0. The van der Waals surface area contributed by atoms with Crippen LogP contribution >= 0.6 is 11.6 Å². The molecule has 22 heavy (non-hydrogen) atoms. The molecule has 2 heterocycles. The number of piperidine rings is 1. The molecule has 5 nitrogen and oxygen atoms in total. The predicted molar refractivity (Wildman–Crippen MR) is 82.6 cm³/mol. The Hall–Kier alpha value is -1.32. The number of hydrogen-bond donors (Lipinski definition) is 3. The number of aliphatic hydroxyl groups excluding tert-OH is 1. The van der Waals surface area contributed by atoms with Gasteiger partial charge in [0.25, 0.3) is 0 Å². The summed E-state index contributed by atoms with van der Waals surface area (Å²) in [5, 5.41) is 41.2. The third kappa shape index (κ3) is 1.95. The summed E-state index contributed by atoms with van der Waals surface area (Å²) in [5.41, 5.74) is -1.07. The fourth-order valence-electron chi connectivity index (χ4n) is 3.92. The van der Waals surface area contributed by atoms with Crippen LogP contribution in [-0.2, 0) is 0 Å². The number of hydrogen-bond acceptors (Lipinski definition) is 5. The molecule has 0 saturated carbocycles. The first-order valence-electron chi connectivity index (χ1n) is 7.34. The van der Waals surface area contributed by atoms with Gasteiger partial charge in [0, 0.05) is 11.7 Å². The number of rotatable bonds is 1. The van der Waals surface area contributed by atoms with Crippen LogP contribution in [0.1, 0.15) is 37.3 Å². The van der Waals surface area contributed by atoms with Crippen LogP contribution in [0.25, 0.3) is 0 Å². The van der Waals surface area contributed by atoms with Crippen LogP contribution in [0.15, 0.2) is 12.1 Å². The summed E-state index contributed by atoms with van der Waals surface area (Å²) in [4.78, 5) is 1.76. The second-order valence-corrected chi connectivity index (χ2v) is 6.97. The van der Waals surface area contributed by atoms with Gasteiger partial charge in [-0.1, -0.05) is 11.6 Å². The Balaban J connectivity index is 2.11. The maximum Gasteiger partial charge on any atom is 0.167 e. The highest BCUT2D eigenvalue weighted by Gasteiger charge is 2.61. The van der Waals surface area contributed by atoms with Crippen molar-refractivity contribution in [2.24, 2.45) is 0 Å². The fraction of sp³-hybridized carbons (Fsp3) is 0.562. The molecular weight excluding hydrogens is 304 g/mol. The Morgan fingerprint density at radius 2 is 2.09 bits per heavy atom. The van der Waals surface area contributed by atoms with Crippen LogP contribution in [0, 0.1) is 18.3 Å². The second-order valence-electron chi connectivity index (χ2n) is 6.59. The summed E-state index contributed by atoms with van der Waals surface area (Å²) in [6, 6.07) is 5.32. The molecule has 0 aliphatic carbocycles. The van der Waals surface area contributed by atoms with Crippen molar-refractivity contribution in [2.45, 2.75) is 56.6 Å².